The van der Waals surface area contributed by atoms with Gasteiger partial charge in [-0.2, -0.15) is 0 Å². The van der Waals surface area contributed by atoms with Gasteiger partial charge in [-0.3, -0.25) is 9.59 Å². The van der Waals surface area contributed by atoms with Crippen molar-refractivity contribution in [1.29, 1.82) is 0 Å². The predicted octanol–water partition coefficient (Wildman–Crippen LogP) is 2.35. The number of carbonyl (C=O) groups excluding carboxylic acids is 1. The quantitative estimate of drug-likeness (QED) is 0.825. The van der Waals surface area contributed by atoms with Crippen LogP contribution in [0.4, 0.5) is 5.69 Å². The number of carboxylic acids is 1. The molecule has 2 rings (SSSR count). The van der Waals surface area contributed by atoms with Crippen LogP contribution in [0, 0.1) is 23.3 Å². The lowest BCUT2D eigenvalue weighted by Gasteiger charge is -2.18. The topological polar surface area (TPSA) is 57.6 Å². The van der Waals surface area contributed by atoms with Crippen molar-refractivity contribution in [3.8, 4) is 0 Å². The van der Waals surface area contributed by atoms with Gasteiger partial charge in [-0.05, 0) is 59.7 Å². The number of hydrogen-bond donors (Lipinski definition) is 1. The Bertz CT molecular complexity index is 504. The van der Waals surface area contributed by atoms with Gasteiger partial charge in [0.15, 0.2) is 0 Å². The first-order valence-electron chi connectivity index (χ1n) is 5.70. The highest BCUT2D eigenvalue weighted by Crippen LogP contribution is 2.29. The van der Waals surface area contributed by atoms with E-state index >= 15 is 0 Å². The molecule has 0 aromatic heterocycles. The molecule has 1 N–H and O–H groups in total. The number of carboxylic acid groups (broad SMARTS) is 1. The maximum Gasteiger partial charge on any atom is 0.308 e. The third kappa shape index (κ3) is 2.36. The highest BCUT2D eigenvalue weighted by atomic mass is 127. The predicted molar refractivity (Wildman–Crippen MR) is 76.7 cm³/mol. The average Bonchev–Trinajstić information content (AvgIpc) is 2.68. The van der Waals surface area contributed by atoms with E-state index < -0.39 is 11.9 Å². The van der Waals surface area contributed by atoms with Gasteiger partial charge in [-0.1, -0.05) is 0 Å². The number of aryl methyl sites for hydroxylation is 2. The molecule has 0 aliphatic carbocycles. The van der Waals surface area contributed by atoms with Gasteiger partial charge in [0.25, 0.3) is 0 Å². The Balaban J connectivity index is 2.33. The fraction of sp³-hybridized carbons (Fsp3) is 0.385. The molecular formula is C13H14INO3. The summed E-state index contributed by atoms with van der Waals surface area (Å²) in [6.45, 7) is 4.26. The molecule has 0 spiro atoms. The van der Waals surface area contributed by atoms with Gasteiger partial charge >= 0.3 is 5.97 Å². The summed E-state index contributed by atoms with van der Waals surface area (Å²) in [6, 6.07) is 3.88. The zero-order valence-electron chi connectivity index (χ0n) is 10.2. The summed E-state index contributed by atoms with van der Waals surface area (Å²) in [7, 11) is 0. The molecule has 1 aromatic rings. The fourth-order valence-electron chi connectivity index (χ4n) is 2.20. The van der Waals surface area contributed by atoms with E-state index in [1.807, 2.05) is 26.0 Å². The Labute approximate surface area is 119 Å². The summed E-state index contributed by atoms with van der Waals surface area (Å²) >= 11 is 2.27. The van der Waals surface area contributed by atoms with E-state index in [1.165, 1.54) is 3.57 Å². The first-order valence-corrected chi connectivity index (χ1v) is 6.78. The third-order valence-electron chi connectivity index (χ3n) is 3.21. The highest BCUT2D eigenvalue weighted by molar-refractivity contribution is 14.1. The lowest BCUT2D eigenvalue weighted by Crippen LogP contribution is -2.26. The third-order valence-corrected chi connectivity index (χ3v) is 4.91. The lowest BCUT2D eigenvalue weighted by molar-refractivity contribution is -0.141. The molecule has 1 heterocycles. The normalized spacial score (nSPS) is 19.4. The van der Waals surface area contributed by atoms with Crippen molar-refractivity contribution in [2.75, 3.05) is 11.4 Å². The summed E-state index contributed by atoms with van der Waals surface area (Å²) in [5, 5.41) is 8.97. The summed E-state index contributed by atoms with van der Waals surface area (Å²) in [5.74, 6) is -1.59. The van der Waals surface area contributed by atoms with Crippen LogP contribution in [0.1, 0.15) is 17.5 Å². The van der Waals surface area contributed by atoms with Gasteiger partial charge in [0.2, 0.25) is 5.91 Å². The first-order chi connectivity index (χ1) is 8.40. The minimum Gasteiger partial charge on any atom is -0.481 e. The van der Waals surface area contributed by atoms with E-state index in [4.69, 9.17) is 5.11 Å². The van der Waals surface area contributed by atoms with E-state index in [9.17, 15) is 9.59 Å². The molecule has 96 valence electrons. The number of carbonyl (C=O) groups is 2. The number of hydrogen-bond acceptors (Lipinski definition) is 2. The van der Waals surface area contributed by atoms with Gasteiger partial charge < -0.3 is 10.0 Å². The molecule has 18 heavy (non-hydrogen) atoms. The molecule has 4 nitrogen and oxygen atoms in total. The number of halogens is 1. The van der Waals surface area contributed by atoms with Crippen LogP contribution in [0.2, 0.25) is 0 Å². The first kappa shape index (κ1) is 13.3. The van der Waals surface area contributed by atoms with E-state index in [0.717, 1.165) is 16.8 Å². The van der Waals surface area contributed by atoms with Crippen molar-refractivity contribution in [1.82, 2.24) is 0 Å². The minimum atomic E-state index is -0.898. The van der Waals surface area contributed by atoms with E-state index in [2.05, 4.69) is 22.6 Å². The van der Waals surface area contributed by atoms with E-state index in [1.54, 1.807) is 4.90 Å². The van der Waals surface area contributed by atoms with Crippen LogP contribution in [0.15, 0.2) is 12.1 Å². The monoisotopic (exact) mass is 359 g/mol. The van der Waals surface area contributed by atoms with Gasteiger partial charge in [-0.25, -0.2) is 0 Å². The van der Waals surface area contributed by atoms with E-state index in [0.29, 0.717) is 0 Å². The smallest absolute Gasteiger partial charge is 0.308 e. The van der Waals surface area contributed by atoms with Crippen LogP contribution in [0.25, 0.3) is 0 Å². The molecule has 1 fully saturated rings. The zero-order chi connectivity index (χ0) is 13.4. The standard InChI is InChI=1S/C13H14INO3/c1-7-3-10(4-8(2)12(7)14)15-6-9(13(17)18)5-11(15)16/h3-4,9H,5-6H2,1-2H3,(H,17,18). The highest BCUT2D eigenvalue weighted by Gasteiger charge is 2.35. The number of amides is 1. The average molecular weight is 359 g/mol. The van der Waals surface area contributed by atoms with E-state index in [-0.39, 0.29) is 18.9 Å². The molecular weight excluding hydrogens is 345 g/mol. The maximum absolute atomic E-state index is 11.9. The molecule has 1 amide bonds. The summed E-state index contributed by atoms with van der Waals surface area (Å²) in [5.41, 5.74) is 3.02. The van der Waals surface area contributed by atoms with Crippen molar-refractivity contribution in [3.63, 3.8) is 0 Å². The summed E-state index contributed by atoms with van der Waals surface area (Å²) in [4.78, 5) is 24.4. The molecule has 1 aliphatic rings. The largest absolute Gasteiger partial charge is 0.481 e. The number of aliphatic carboxylic acids is 1. The van der Waals surface area contributed by atoms with Crippen molar-refractivity contribution in [2.24, 2.45) is 5.92 Å². The fourth-order valence-corrected chi connectivity index (χ4v) is 2.51. The van der Waals surface area contributed by atoms with Crippen LogP contribution in [0.5, 0.6) is 0 Å². The Morgan fingerprint density at radius 2 is 1.94 bits per heavy atom. The summed E-state index contributed by atoms with van der Waals surface area (Å²) < 4.78 is 1.18. The Kier molecular flexibility index (Phi) is 3.61. The number of anilines is 1. The lowest BCUT2D eigenvalue weighted by atomic mass is 10.1. The Morgan fingerprint density at radius 3 is 2.39 bits per heavy atom. The van der Waals surface area contributed by atoms with Crippen LogP contribution in [0.3, 0.4) is 0 Å². The molecule has 0 bridgehead atoms. The molecule has 1 aliphatic heterocycles. The molecule has 1 saturated heterocycles. The SMILES string of the molecule is Cc1cc(N2CC(C(=O)O)CC2=O)cc(C)c1I. The zero-order valence-corrected chi connectivity index (χ0v) is 12.4. The molecule has 5 heteroatoms. The summed E-state index contributed by atoms with van der Waals surface area (Å²) in [6.07, 6.45) is 0.0966. The van der Waals surface area contributed by atoms with Gasteiger partial charge in [0.05, 0.1) is 5.92 Å². The van der Waals surface area contributed by atoms with Gasteiger partial charge in [0, 0.05) is 22.2 Å². The van der Waals surface area contributed by atoms with Crippen LogP contribution in [-0.2, 0) is 9.59 Å². The molecule has 1 aromatic carbocycles. The van der Waals surface area contributed by atoms with Crippen molar-refractivity contribution < 1.29 is 14.7 Å². The Morgan fingerprint density at radius 1 is 1.39 bits per heavy atom. The molecule has 1 atom stereocenters. The maximum atomic E-state index is 11.9. The number of benzene rings is 1. The van der Waals surface area contributed by atoms with Crippen molar-refractivity contribution >= 4 is 40.2 Å². The van der Waals surface area contributed by atoms with Crippen LogP contribution >= 0.6 is 22.6 Å². The molecule has 1 unspecified atom stereocenters. The van der Waals surface area contributed by atoms with Crippen LogP contribution in [-0.4, -0.2) is 23.5 Å². The molecule has 0 radical (unpaired) electrons. The van der Waals surface area contributed by atoms with Crippen molar-refractivity contribution in [3.05, 3.63) is 26.8 Å². The van der Waals surface area contributed by atoms with Gasteiger partial charge in [0.1, 0.15) is 0 Å². The second-order valence-electron chi connectivity index (χ2n) is 4.64. The Hall–Kier alpha value is -1.11. The second-order valence-corrected chi connectivity index (χ2v) is 5.72. The van der Waals surface area contributed by atoms with Crippen LogP contribution < -0.4 is 4.90 Å². The molecule has 0 saturated carbocycles. The van der Waals surface area contributed by atoms with Crippen molar-refractivity contribution in [2.45, 2.75) is 20.3 Å². The number of nitrogens with zero attached hydrogens (tertiary/aromatic N) is 1. The minimum absolute atomic E-state index is 0.0966. The number of rotatable bonds is 2. The van der Waals surface area contributed by atoms with Gasteiger partial charge in [-0.15, -0.1) is 0 Å². The second kappa shape index (κ2) is 4.87.